The van der Waals surface area contributed by atoms with Crippen LogP contribution in [0.4, 0.5) is 0 Å². The van der Waals surface area contributed by atoms with Gasteiger partial charge in [0.1, 0.15) is 4.83 Å². The third kappa shape index (κ3) is 2.11. The lowest BCUT2D eigenvalue weighted by atomic mass is 9.84. The molecule has 104 valence electrons. The van der Waals surface area contributed by atoms with Crippen LogP contribution in [0.1, 0.15) is 22.5 Å². The van der Waals surface area contributed by atoms with Crippen molar-refractivity contribution in [3.05, 3.63) is 29.3 Å². The molecular weight excluding hydrogens is 270 g/mol. The first-order valence-corrected chi connectivity index (χ1v) is 7.99. The number of carbonyl (C=O) groups is 1. The monoisotopic (exact) mass is 287 g/mol. The van der Waals surface area contributed by atoms with E-state index in [-0.39, 0.29) is 5.91 Å². The Balaban J connectivity index is 1.52. The van der Waals surface area contributed by atoms with Crippen LogP contribution >= 0.6 is 11.3 Å². The summed E-state index contributed by atoms with van der Waals surface area (Å²) in [6.07, 6.45) is 4.21. The molecule has 5 heteroatoms. The average molecular weight is 287 g/mol. The standard InChI is InChI=1S/C15H17N3OS/c19-14(13-8-11-2-1-5-16-15(11)20-13)17-12-9-18-6-3-10(12)4-7-18/h1-2,5,8,10,12H,3-4,6-7,9H2,(H,17,19)/t12-/m0/s1. The van der Waals surface area contributed by atoms with Crippen molar-refractivity contribution < 1.29 is 4.79 Å². The summed E-state index contributed by atoms with van der Waals surface area (Å²) in [5.74, 6) is 0.725. The van der Waals surface area contributed by atoms with Gasteiger partial charge >= 0.3 is 0 Å². The second-order valence-electron chi connectivity index (χ2n) is 5.73. The van der Waals surface area contributed by atoms with Crippen LogP contribution in [0.15, 0.2) is 24.4 Å². The smallest absolute Gasteiger partial charge is 0.261 e. The van der Waals surface area contributed by atoms with Gasteiger partial charge in [-0.1, -0.05) is 6.07 Å². The molecule has 0 unspecified atom stereocenters. The van der Waals surface area contributed by atoms with Gasteiger partial charge in [-0.3, -0.25) is 4.79 Å². The van der Waals surface area contributed by atoms with E-state index in [9.17, 15) is 4.79 Å². The number of fused-ring (bicyclic) bond motifs is 4. The molecule has 2 aromatic rings. The Labute approximate surface area is 121 Å². The summed E-state index contributed by atoms with van der Waals surface area (Å²) in [7, 11) is 0. The Morgan fingerprint density at radius 2 is 2.25 bits per heavy atom. The summed E-state index contributed by atoms with van der Waals surface area (Å²) in [6, 6.07) is 6.18. The summed E-state index contributed by atoms with van der Waals surface area (Å²) < 4.78 is 0. The molecule has 1 N–H and O–H groups in total. The molecule has 0 spiro atoms. The predicted molar refractivity (Wildman–Crippen MR) is 80.0 cm³/mol. The van der Waals surface area contributed by atoms with E-state index in [2.05, 4.69) is 15.2 Å². The number of nitrogens with zero attached hydrogens (tertiary/aromatic N) is 2. The normalized spacial score (nSPS) is 28.7. The van der Waals surface area contributed by atoms with Crippen molar-refractivity contribution in [2.24, 2.45) is 5.92 Å². The van der Waals surface area contributed by atoms with Gasteiger partial charge in [-0.2, -0.15) is 0 Å². The topological polar surface area (TPSA) is 45.2 Å². The summed E-state index contributed by atoms with van der Waals surface area (Å²) >= 11 is 1.48. The van der Waals surface area contributed by atoms with E-state index in [0.29, 0.717) is 12.0 Å². The molecule has 4 nitrogen and oxygen atoms in total. The zero-order valence-electron chi connectivity index (χ0n) is 11.2. The van der Waals surface area contributed by atoms with Crippen LogP contribution in [0, 0.1) is 5.92 Å². The van der Waals surface area contributed by atoms with Gasteiger partial charge in [-0.05, 0) is 44.0 Å². The van der Waals surface area contributed by atoms with Crippen molar-refractivity contribution in [3.8, 4) is 0 Å². The number of amides is 1. The van der Waals surface area contributed by atoms with Crippen LogP contribution in [0.2, 0.25) is 0 Å². The summed E-state index contributed by atoms with van der Waals surface area (Å²) in [5.41, 5.74) is 0. The van der Waals surface area contributed by atoms with Gasteiger partial charge in [0.15, 0.2) is 0 Å². The van der Waals surface area contributed by atoms with Crippen LogP contribution in [0.3, 0.4) is 0 Å². The highest BCUT2D eigenvalue weighted by atomic mass is 32.1. The molecular formula is C15H17N3OS. The molecule has 3 saturated heterocycles. The number of piperidine rings is 3. The van der Waals surface area contributed by atoms with E-state index in [1.807, 2.05) is 18.2 Å². The molecule has 3 aliphatic rings. The van der Waals surface area contributed by atoms with E-state index in [0.717, 1.165) is 21.6 Å². The molecule has 2 bridgehead atoms. The lowest BCUT2D eigenvalue weighted by molar-refractivity contribution is 0.0622. The maximum Gasteiger partial charge on any atom is 0.261 e. The molecule has 20 heavy (non-hydrogen) atoms. The number of pyridine rings is 1. The number of thiophene rings is 1. The maximum absolute atomic E-state index is 12.4. The largest absolute Gasteiger partial charge is 0.347 e. The lowest BCUT2D eigenvalue weighted by Crippen LogP contribution is -2.57. The number of rotatable bonds is 2. The number of carbonyl (C=O) groups excluding carboxylic acids is 1. The third-order valence-electron chi connectivity index (χ3n) is 4.49. The van der Waals surface area contributed by atoms with E-state index < -0.39 is 0 Å². The first-order valence-electron chi connectivity index (χ1n) is 7.17. The fourth-order valence-electron chi connectivity index (χ4n) is 3.35. The van der Waals surface area contributed by atoms with E-state index in [4.69, 9.17) is 0 Å². The van der Waals surface area contributed by atoms with E-state index in [1.54, 1.807) is 6.20 Å². The molecule has 0 saturated carbocycles. The number of nitrogens with one attached hydrogen (secondary N) is 1. The fourth-order valence-corrected chi connectivity index (χ4v) is 4.26. The fraction of sp³-hybridized carbons (Fsp3) is 0.467. The molecule has 0 aliphatic carbocycles. The van der Waals surface area contributed by atoms with Crippen molar-refractivity contribution in [2.75, 3.05) is 19.6 Å². The highest BCUT2D eigenvalue weighted by molar-refractivity contribution is 7.20. The predicted octanol–water partition coefficient (Wildman–Crippen LogP) is 2.12. The Hall–Kier alpha value is -1.46. The van der Waals surface area contributed by atoms with Crippen LogP contribution in [0.25, 0.3) is 10.2 Å². The third-order valence-corrected chi connectivity index (χ3v) is 5.55. The van der Waals surface area contributed by atoms with E-state index in [1.165, 1.54) is 37.3 Å². The van der Waals surface area contributed by atoms with Gasteiger partial charge < -0.3 is 10.2 Å². The zero-order chi connectivity index (χ0) is 13.5. The average Bonchev–Trinajstić information content (AvgIpc) is 2.92. The number of hydrogen-bond acceptors (Lipinski definition) is 4. The second-order valence-corrected chi connectivity index (χ2v) is 6.76. The molecule has 1 atom stereocenters. The van der Waals surface area contributed by atoms with Gasteiger partial charge in [0.25, 0.3) is 5.91 Å². The molecule has 0 radical (unpaired) electrons. The first-order chi connectivity index (χ1) is 9.79. The van der Waals surface area contributed by atoms with Gasteiger partial charge in [0, 0.05) is 24.2 Å². The van der Waals surface area contributed by atoms with Gasteiger partial charge in [-0.15, -0.1) is 11.3 Å². The molecule has 1 amide bonds. The zero-order valence-corrected chi connectivity index (χ0v) is 12.0. The highest BCUT2D eigenvalue weighted by Crippen LogP contribution is 2.28. The lowest BCUT2D eigenvalue weighted by Gasteiger charge is -2.44. The Morgan fingerprint density at radius 3 is 2.95 bits per heavy atom. The minimum absolute atomic E-state index is 0.0618. The van der Waals surface area contributed by atoms with Crippen molar-refractivity contribution in [1.82, 2.24) is 15.2 Å². The van der Waals surface area contributed by atoms with E-state index >= 15 is 0 Å². The molecule has 3 aliphatic heterocycles. The number of aromatic nitrogens is 1. The SMILES string of the molecule is O=C(N[C@H]1CN2CCC1CC2)c1cc2cccnc2s1. The molecule has 0 aromatic carbocycles. The number of hydrogen-bond donors (Lipinski definition) is 1. The minimum Gasteiger partial charge on any atom is -0.347 e. The maximum atomic E-state index is 12.4. The van der Waals surface area contributed by atoms with Gasteiger partial charge in [0.05, 0.1) is 4.88 Å². The molecule has 5 rings (SSSR count). The van der Waals surface area contributed by atoms with Crippen LogP contribution in [-0.4, -0.2) is 41.5 Å². The highest BCUT2D eigenvalue weighted by Gasteiger charge is 2.35. The van der Waals surface area contributed by atoms with Crippen molar-refractivity contribution in [2.45, 2.75) is 18.9 Å². The minimum atomic E-state index is 0.0618. The van der Waals surface area contributed by atoms with Crippen LogP contribution in [0.5, 0.6) is 0 Å². The Morgan fingerprint density at radius 1 is 1.40 bits per heavy atom. The van der Waals surface area contributed by atoms with Crippen molar-refractivity contribution in [1.29, 1.82) is 0 Å². The van der Waals surface area contributed by atoms with Crippen molar-refractivity contribution >= 4 is 27.5 Å². The van der Waals surface area contributed by atoms with Crippen LogP contribution < -0.4 is 5.32 Å². The Kier molecular flexibility index (Phi) is 2.97. The first kappa shape index (κ1) is 12.3. The Bertz CT molecular complexity index is 612. The molecule has 5 heterocycles. The second kappa shape index (κ2) is 4.82. The molecule has 2 aromatic heterocycles. The van der Waals surface area contributed by atoms with Gasteiger partial charge in [-0.25, -0.2) is 4.98 Å². The summed E-state index contributed by atoms with van der Waals surface area (Å²) in [6.45, 7) is 3.41. The quantitative estimate of drug-likeness (QED) is 0.920. The van der Waals surface area contributed by atoms with Gasteiger partial charge in [0.2, 0.25) is 0 Å². The molecule has 3 fully saturated rings. The van der Waals surface area contributed by atoms with Crippen LogP contribution in [-0.2, 0) is 0 Å². The summed E-state index contributed by atoms with van der Waals surface area (Å²) in [5, 5.41) is 4.28. The van der Waals surface area contributed by atoms with Crippen molar-refractivity contribution in [3.63, 3.8) is 0 Å². The summed E-state index contributed by atoms with van der Waals surface area (Å²) in [4.78, 5) is 20.9.